The number of ketones is 1. The fraction of sp³-hybridized carbons (Fsp3) is 0.286. The molecule has 0 amide bonds. The maximum absolute atomic E-state index is 11.5. The van der Waals surface area contributed by atoms with Crippen LogP contribution in [0, 0.1) is 0 Å². The third-order valence-corrected chi connectivity index (χ3v) is 3.12. The van der Waals surface area contributed by atoms with Crippen molar-refractivity contribution < 1.29 is 9.53 Å². The van der Waals surface area contributed by atoms with Gasteiger partial charge in [0.25, 0.3) is 0 Å². The summed E-state index contributed by atoms with van der Waals surface area (Å²) in [6.07, 6.45) is 2.65. The topological polar surface area (TPSA) is 39.2 Å². The molecule has 2 aromatic rings. The minimum absolute atomic E-state index is 0.130. The van der Waals surface area contributed by atoms with Crippen LogP contribution in [0.3, 0.4) is 0 Å². The Morgan fingerprint density at radius 1 is 1.24 bits per heavy atom. The van der Waals surface area contributed by atoms with E-state index < -0.39 is 0 Å². The van der Waals surface area contributed by atoms with Crippen molar-refractivity contribution in [3.05, 3.63) is 42.1 Å². The molecule has 3 rings (SSSR count). The van der Waals surface area contributed by atoms with Crippen LogP contribution in [0.2, 0.25) is 0 Å². The maximum Gasteiger partial charge on any atom is 0.138 e. The first-order chi connectivity index (χ1) is 8.34. The van der Waals surface area contributed by atoms with Gasteiger partial charge in [-0.3, -0.25) is 9.78 Å². The number of nitrogens with zero attached hydrogens (tertiary/aromatic N) is 1. The summed E-state index contributed by atoms with van der Waals surface area (Å²) < 4.78 is 5.68. The first-order valence-corrected chi connectivity index (χ1v) is 5.81. The molecule has 1 atom stereocenters. The number of fused-ring (bicyclic) bond motifs is 1. The van der Waals surface area contributed by atoms with Gasteiger partial charge in [0.05, 0.1) is 18.2 Å². The number of rotatable bonds is 1. The summed E-state index contributed by atoms with van der Waals surface area (Å²) in [5.74, 6) is 0.272. The Bertz CT molecular complexity index is 560. The predicted octanol–water partition coefficient (Wildman–Crippen LogP) is 2.66. The molecule has 0 radical (unpaired) electrons. The van der Waals surface area contributed by atoms with Gasteiger partial charge < -0.3 is 4.74 Å². The van der Waals surface area contributed by atoms with E-state index in [0.717, 1.165) is 16.5 Å². The molecule has 1 saturated heterocycles. The summed E-state index contributed by atoms with van der Waals surface area (Å²) in [7, 11) is 0. The third kappa shape index (κ3) is 1.94. The van der Waals surface area contributed by atoms with Crippen LogP contribution in [0.4, 0.5) is 0 Å². The summed E-state index contributed by atoms with van der Waals surface area (Å²) in [6.45, 7) is 0.521. The number of hydrogen-bond acceptors (Lipinski definition) is 3. The highest BCUT2D eigenvalue weighted by Gasteiger charge is 2.23. The van der Waals surface area contributed by atoms with E-state index in [-0.39, 0.29) is 11.9 Å². The molecule has 86 valence electrons. The number of carbonyl (C=O) groups excluding carboxylic acids is 1. The van der Waals surface area contributed by atoms with Crippen LogP contribution < -0.4 is 0 Å². The van der Waals surface area contributed by atoms with Crippen LogP contribution in [0.25, 0.3) is 10.9 Å². The molecule has 0 bridgehead atoms. The number of pyridine rings is 1. The number of hydrogen-bond donors (Lipinski definition) is 0. The van der Waals surface area contributed by atoms with E-state index >= 15 is 0 Å². The van der Waals surface area contributed by atoms with Gasteiger partial charge in [-0.25, -0.2) is 0 Å². The lowest BCUT2D eigenvalue weighted by atomic mass is 9.98. The molecule has 1 fully saturated rings. The van der Waals surface area contributed by atoms with Crippen molar-refractivity contribution in [1.82, 2.24) is 4.98 Å². The Labute approximate surface area is 99.4 Å². The lowest BCUT2D eigenvalue weighted by Gasteiger charge is -2.22. The van der Waals surface area contributed by atoms with E-state index in [1.807, 2.05) is 30.3 Å². The Morgan fingerprint density at radius 2 is 2.12 bits per heavy atom. The normalized spacial score (nSPS) is 20.7. The van der Waals surface area contributed by atoms with E-state index in [2.05, 4.69) is 4.98 Å². The van der Waals surface area contributed by atoms with Crippen molar-refractivity contribution in [1.29, 1.82) is 0 Å². The molecule has 3 nitrogen and oxygen atoms in total. The molecule has 1 aromatic carbocycles. The monoisotopic (exact) mass is 227 g/mol. The highest BCUT2D eigenvalue weighted by molar-refractivity contribution is 5.84. The van der Waals surface area contributed by atoms with Crippen molar-refractivity contribution in [3.8, 4) is 0 Å². The van der Waals surface area contributed by atoms with Crippen molar-refractivity contribution >= 4 is 16.7 Å². The van der Waals surface area contributed by atoms with E-state index in [4.69, 9.17) is 4.74 Å². The standard InChI is InChI=1S/C14H13NO2/c16-11-6-8-17-13(9-11)12-5-1-3-10-4-2-7-15-14(10)12/h1-5,7,13H,6,8-9H2. The molecular weight excluding hydrogens is 214 g/mol. The fourth-order valence-corrected chi connectivity index (χ4v) is 2.27. The smallest absolute Gasteiger partial charge is 0.138 e. The molecular formula is C14H13NO2. The van der Waals surface area contributed by atoms with Gasteiger partial charge in [-0.05, 0) is 6.07 Å². The van der Waals surface area contributed by atoms with Crippen LogP contribution in [0.5, 0.6) is 0 Å². The second-order valence-electron chi connectivity index (χ2n) is 4.27. The Hall–Kier alpha value is -1.74. The van der Waals surface area contributed by atoms with E-state index in [1.54, 1.807) is 6.20 Å². The van der Waals surface area contributed by atoms with Crippen molar-refractivity contribution in [2.75, 3.05) is 6.61 Å². The van der Waals surface area contributed by atoms with Crippen molar-refractivity contribution in [2.45, 2.75) is 18.9 Å². The van der Waals surface area contributed by atoms with Crippen LogP contribution in [0.15, 0.2) is 36.5 Å². The molecule has 1 aliphatic rings. The average Bonchev–Trinajstić information content (AvgIpc) is 2.38. The highest BCUT2D eigenvalue weighted by Crippen LogP contribution is 2.30. The Kier molecular flexibility index (Phi) is 2.61. The van der Waals surface area contributed by atoms with Gasteiger partial charge in [-0.2, -0.15) is 0 Å². The second kappa shape index (κ2) is 4.26. The van der Waals surface area contributed by atoms with Crippen molar-refractivity contribution in [2.24, 2.45) is 0 Å². The van der Waals surface area contributed by atoms with Crippen molar-refractivity contribution in [3.63, 3.8) is 0 Å². The van der Waals surface area contributed by atoms with Crippen LogP contribution >= 0.6 is 0 Å². The summed E-state index contributed by atoms with van der Waals surface area (Å²) in [6, 6.07) is 9.95. The Morgan fingerprint density at radius 3 is 3.00 bits per heavy atom. The lowest BCUT2D eigenvalue weighted by molar-refractivity contribution is -0.128. The number of ether oxygens (including phenoxy) is 1. The van der Waals surface area contributed by atoms with Crippen LogP contribution in [0.1, 0.15) is 24.5 Å². The number of para-hydroxylation sites is 1. The van der Waals surface area contributed by atoms with Gasteiger partial charge in [-0.15, -0.1) is 0 Å². The first kappa shape index (κ1) is 10.4. The average molecular weight is 227 g/mol. The molecule has 2 heterocycles. The lowest BCUT2D eigenvalue weighted by Crippen LogP contribution is -2.19. The maximum atomic E-state index is 11.5. The predicted molar refractivity (Wildman–Crippen MR) is 64.7 cm³/mol. The number of aromatic nitrogens is 1. The largest absolute Gasteiger partial charge is 0.373 e. The molecule has 0 saturated carbocycles. The quantitative estimate of drug-likeness (QED) is 0.751. The van der Waals surface area contributed by atoms with Crippen LogP contribution in [-0.2, 0) is 9.53 Å². The van der Waals surface area contributed by atoms with E-state index in [1.165, 1.54) is 0 Å². The van der Waals surface area contributed by atoms with Gasteiger partial charge in [0.1, 0.15) is 5.78 Å². The Balaban J connectivity index is 2.07. The molecule has 0 spiro atoms. The van der Waals surface area contributed by atoms with Crippen LogP contribution in [-0.4, -0.2) is 17.4 Å². The number of benzene rings is 1. The minimum atomic E-state index is -0.130. The number of carbonyl (C=O) groups is 1. The molecule has 3 heteroatoms. The zero-order valence-electron chi connectivity index (χ0n) is 9.43. The fourth-order valence-electron chi connectivity index (χ4n) is 2.27. The third-order valence-electron chi connectivity index (χ3n) is 3.12. The highest BCUT2D eigenvalue weighted by atomic mass is 16.5. The van der Waals surface area contributed by atoms with Gasteiger partial charge in [0.2, 0.25) is 0 Å². The first-order valence-electron chi connectivity index (χ1n) is 5.81. The van der Waals surface area contributed by atoms with Gasteiger partial charge in [0, 0.05) is 30.0 Å². The van der Waals surface area contributed by atoms with E-state index in [0.29, 0.717) is 19.4 Å². The summed E-state index contributed by atoms with van der Waals surface area (Å²) in [5, 5.41) is 1.09. The summed E-state index contributed by atoms with van der Waals surface area (Å²) in [4.78, 5) is 15.9. The zero-order valence-corrected chi connectivity index (χ0v) is 9.43. The van der Waals surface area contributed by atoms with E-state index in [9.17, 15) is 4.79 Å². The molecule has 0 aliphatic carbocycles. The molecule has 1 unspecified atom stereocenters. The molecule has 1 aliphatic heterocycles. The minimum Gasteiger partial charge on any atom is -0.373 e. The second-order valence-corrected chi connectivity index (χ2v) is 4.27. The summed E-state index contributed by atoms with van der Waals surface area (Å²) >= 11 is 0. The SMILES string of the molecule is O=C1CCOC(c2cccc3cccnc23)C1. The number of Topliss-reactive ketones (excluding diaryl/α,β-unsaturated/α-hetero) is 1. The summed E-state index contributed by atoms with van der Waals surface area (Å²) in [5.41, 5.74) is 1.96. The van der Waals surface area contributed by atoms with Gasteiger partial charge in [-0.1, -0.05) is 24.3 Å². The molecule has 1 aromatic heterocycles. The van der Waals surface area contributed by atoms with Gasteiger partial charge in [0.15, 0.2) is 0 Å². The van der Waals surface area contributed by atoms with Gasteiger partial charge >= 0.3 is 0 Å². The molecule has 17 heavy (non-hydrogen) atoms. The zero-order chi connectivity index (χ0) is 11.7. The molecule has 0 N–H and O–H groups in total.